The molecule has 0 aliphatic carbocycles. The van der Waals surface area contributed by atoms with E-state index in [1.807, 2.05) is 12.1 Å². The fourth-order valence-electron chi connectivity index (χ4n) is 1.86. The van der Waals surface area contributed by atoms with Crippen LogP contribution in [0.5, 0.6) is 0 Å². The number of halogens is 1. The molecule has 0 saturated heterocycles. The fraction of sp³-hybridized carbons (Fsp3) is 0.214. The van der Waals surface area contributed by atoms with E-state index in [1.54, 1.807) is 31.6 Å². The first-order valence-corrected chi connectivity index (χ1v) is 5.72. The van der Waals surface area contributed by atoms with E-state index < -0.39 is 0 Å². The first-order valence-electron chi connectivity index (χ1n) is 5.72. The second kappa shape index (κ2) is 6.00. The van der Waals surface area contributed by atoms with E-state index in [2.05, 4.69) is 15.2 Å². The highest BCUT2D eigenvalue weighted by Crippen LogP contribution is 2.24. The Labute approximate surface area is 105 Å². The maximum absolute atomic E-state index is 13.0. The molecule has 92 valence electrons. The van der Waals surface area contributed by atoms with Gasteiger partial charge in [0.25, 0.3) is 0 Å². The van der Waals surface area contributed by atoms with Gasteiger partial charge in [-0.1, -0.05) is 12.1 Å². The predicted molar refractivity (Wildman–Crippen MR) is 68.1 cm³/mol. The topological polar surface area (TPSA) is 37.6 Å². The van der Waals surface area contributed by atoms with Crippen LogP contribution in [0.4, 0.5) is 4.39 Å². The van der Waals surface area contributed by atoms with Gasteiger partial charge < -0.3 is 0 Å². The van der Waals surface area contributed by atoms with Gasteiger partial charge in [0.2, 0.25) is 0 Å². The van der Waals surface area contributed by atoms with E-state index in [4.69, 9.17) is 0 Å². The molecule has 0 aliphatic heterocycles. The lowest BCUT2D eigenvalue weighted by Gasteiger charge is -2.15. The maximum atomic E-state index is 13.0. The van der Waals surface area contributed by atoms with Crippen LogP contribution in [0.25, 0.3) is 0 Å². The summed E-state index contributed by atoms with van der Waals surface area (Å²) in [6.45, 7) is 0.548. The monoisotopic (exact) mass is 243 g/mol. The van der Waals surface area contributed by atoms with Crippen molar-refractivity contribution in [3.8, 4) is 0 Å². The van der Waals surface area contributed by atoms with Crippen LogP contribution in [0.3, 0.4) is 0 Å². The van der Waals surface area contributed by atoms with E-state index in [9.17, 15) is 4.39 Å². The van der Waals surface area contributed by atoms with Crippen molar-refractivity contribution in [3.63, 3.8) is 0 Å². The summed E-state index contributed by atoms with van der Waals surface area (Å²) in [7, 11) is 1.65. The normalized spacial score (nSPS) is 12.8. The Bertz CT molecular complexity index is 508. The van der Waals surface area contributed by atoms with Crippen molar-refractivity contribution in [2.24, 2.45) is 10.2 Å². The van der Waals surface area contributed by atoms with Gasteiger partial charge >= 0.3 is 0 Å². The Balaban J connectivity index is 2.33. The summed E-state index contributed by atoms with van der Waals surface area (Å²) in [5.41, 5.74) is 2.12. The summed E-state index contributed by atoms with van der Waals surface area (Å²) in [5, 5.41) is 7.84. The molecule has 0 bridgehead atoms. The van der Waals surface area contributed by atoms with E-state index in [0.29, 0.717) is 6.54 Å². The molecule has 1 atom stereocenters. The molecule has 0 spiro atoms. The van der Waals surface area contributed by atoms with Gasteiger partial charge in [-0.2, -0.15) is 10.2 Å². The third kappa shape index (κ3) is 2.97. The summed E-state index contributed by atoms with van der Waals surface area (Å²) < 4.78 is 13.0. The minimum Gasteiger partial charge on any atom is -0.265 e. The number of hydrogen-bond acceptors (Lipinski definition) is 3. The minimum absolute atomic E-state index is 0.0808. The highest BCUT2D eigenvalue weighted by atomic mass is 19.1. The minimum atomic E-state index is -0.232. The van der Waals surface area contributed by atoms with Gasteiger partial charge in [-0.3, -0.25) is 4.98 Å². The van der Waals surface area contributed by atoms with Crippen LogP contribution in [-0.4, -0.2) is 18.6 Å². The molecule has 1 unspecified atom stereocenters. The smallest absolute Gasteiger partial charge is 0.123 e. The standard InChI is InChI=1S/C14H14FN3/c1-16-18-10-14(12-6-8-17-9-7-12)11-2-4-13(15)5-3-11/h2-9,14H,10H2,1H3. The quantitative estimate of drug-likeness (QED) is 0.758. The third-order valence-corrected chi connectivity index (χ3v) is 2.79. The SMILES string of the molecule is CN=NCC(c1ccncc1)c1ccc(F)cc1. The second-order valence-corrected chi connectivity index (χ2v) is 3.91. The lowest BCUT2D eigenvalue weighted by Crippen LogP contribution is -2.05. The summed E-state index contributed by atoms with van der Waals surface area (Å²) >= 11 is 0. The average Bonchev–Trinajstić information content (AvgIpc) is 2.42. The van der Waals surface area contributed by atoms with Gasteiger partial charge in [0.05, 0.1) is 6.54 Å². The van der Waals surface area contributed by atoms with Crippen molar-refractivity contribution in [1.29, 1.82) is 0 Å². The van der Waals surface area contributed by atoms with Crippen LogP contribution < -0.4 is 0 Å². The largest absolute Gasteiger partial charge is 0.265 e. The molecule has 0 fully saturated rings. The molecule has 0 radical (unpaired) electrons. The van der Waals surface area contributed by atoms with Gasteiger partial charge in [-0.05, 0) is 35.4 Å². The molecule has 0 amide bonds. The molecular weight excluding hydrogens is 229 g/mol. The number of nitrogens with zero attached hydrogens (tertiary/aromatic N) is 3. The average molecular weight is 243 g/mol. The van der Waals surface area contributed by atoms with Crippen LogP contribution >= 0.6 is 0 Å². The van der Waals surface area contributed by atoms with Crippen molar-refractivity contribution < 1.29 is 4.39 Å². The molecule has 1 heterocycles. The lowest BCUT2D eigenvalue weighted by atomic mass is 9.92. The highest BCUT2D eigenvalue weighted by molar-refractivity contribution is 5.31. The zero-order valence-corrected chi connectivity index (χ0v) is 10.1. The molecular formula is C14H14FN3. The fourth-order valence-corrected chi connectivity index (χ4v) is 1.86. The van der Waals surface area contributed by atoms with Crippen LogP contribution in [0.15, 0.2) is 59.0 Å². The molecule has 2 rings (SSSR count). The molecule has 0 aliphatic rings. The highest BCUT2D eigenvalue weighted by Gasteiger charge is 2.13. The van der Waals surface area contributed by atoms with Crippen molar-refractivity contribution in [3.05, 3.63) is 65.7 Å². The number of hydrogen-bond donors (Lipinski definition) is 0. The van der Waals surface area contributed by atoms with Crippen molar-refractivity contribution in [1.82, 2.24) is 4.98 Å². The Morgan fingerprint density at radius 1 is 1.06 bits per heavy atom. The van der Waals surface area contributed by atoms with Crippen LogP contribution in [0.2, 0.25) is 0 Å². The van der Waals surface area contributed by atoms with E-state index in [1.165, 1.54) is 12.1 Å². The molecule has 4 heteroatoms. The molecule has 0 N–H and O–H groups in total. The van der Waals surface area contributed by atoms with Crippen LogP contribution in [0, 0.1) is 5.82 Å². The number of benzene rings is 1. The van der Waals surface area contributed by atoms with Crippen molar-refractivity contribution in [2.75, 3.05) is 13.6 Å². The maximum Gasteiger partial charge on any atom is 0.123 e. The van der Waals surface area contributed by atoms with Gasteiger partial charge in [-0.15, -0.1) is 0 Å². The molecule has 1 aromatic carbocycles. The predicted octanol–water partition coefficient (Wildman–Crippen LogP) is 3.43. The number of pyridine rings is 1. The van der Waals surface area contributed by atoms with E-state index in [0.717, 1.165) is 11.1 Å². The summed E-state index contributed by atoms with van der Waals surface area (Å²) in [6, 6.07) is 10.4. The van der Waals surface area contributed by atoms with E-state index in [-0.39, 0.29) is 11.7 Å². The van der Waals surface area contributed by atoms with Crippen LogP contribution in [-0.2, 0) is 0 Å². The van der Waals surface area contributed by atoms with E-state index >= 15 is 0 Å². The molecule has 1 aromatic heterocycles. The van der Waals surface area contributed by atoms with Crippen LogP contribution in [0.1, 0.15) is 17.0 Å². The zero-order chi connectivity index (χ0) is 12.8. The zero-order valence-electron chi connectivity index (χ0n) is 10.1. The summed E-state index contributed by atoms with van der Waals surface area (Å²) in [4.78, 5) is 4.00. The number of azo groups is 1. The Kier molecular flexibility index (Phi) is 4.12. The molecule has 2 aromatic rings. The number of aromatic nitrogens is 1. The second-order valence-electron chi connectivity index (χ2n) is 3.91. The first kappa shape index (κ1) is 12.4. The Morgan fingerprint density at radius 3 is 2.28 bits per heavy atom. The first-order chi connectivity index (χ1) is 8.81. The Morgan fingerprint density at radius 2 is 1.67 bits per heavy atom. The third-order valence-electron chi connectivity index (χ3n) is 2.79. The van der Waals surface area contributed by atoms with Gasteiger partial charge in [0.15, 0.2) is 0 Å². The summed E-state index contributed by atoms with van der Waals surface area (Å²) in [5.74, 6) is -0.151. The molecule has 0 saturated carbocycles. The summed E-state index contributed by atoms with van der Waals surface area (Å²) in [6.07, 6.45) is 3.49. The van der Waals surface area contributed by atoms with Gasteiger partial charge in [-0.25, -0.2) is 4.39 Å². The van der Waals surface area contributed by atoms with Gasteiger partial charge in [0, 0.05) is 25.4 Å². The van der Waals surface area contributed by atoms with Crippen molar-refractivity contribution >= 4 is 0 Å². The number of rotatable bonds is 4. The molecule has 3 nitrogen and oxygen atoms in total. The lowest BCUT2D eigenvalue weighted by molar-refractivity contribution is 0.626. The molecule has 18 heavy (non-hydrogen) atoms. The Hall–Kier alpha value is -2.10. The van der Waals surface area contributed by atoms with Crippen molar-refractivity contribution in [2.45, 2.75) is 5.92 Å². The van der Waals surface area contributed by atoms with Gasteiger partial charge in [0.1, 0.15) is 5.82 Å².